The van der Waals surface area contributed by atoms with Crippen LogP contribution >= 0.6 is 0 Å². The van der Waals surface area contributed by atoms with E-state index in [1.54, 1.807) is 10.7 Å². The van der Waals surface area contributed by atoms with Crippen LogP contribution in [0.4, 0.5) is 5.69 Å². The molecule has 2 aromatic heterocycles. The SMILES string of the molecule is CNc1c(-c2ccc(-c3ccc(C4(C(=O)OC)CC4)cc3)cc2)nn2cccnc12.O=COCc1ccccc1. The third-order valence-electron chi connectivity index (χ3n) is 7.06. The number of nitrogens with zero attached hydrogens (tertiary/aromatic N) is 3. The van der Waals surface area contributed by atoms with Crippen molar-refractivity contribution >= 4 is 23.8 Å². The molecular formula is C32H30N4O4. The topological polar surface area (TPSA) is 94.8 Å². The average Bonchev–Trinajstić information content (AvgIpc) is 3.75. The number of nitrogens with one attached hydrogen (secondary N) is 1. The summed E-state index contributed by atoms with van der Waals surface area (Å²) in [6.07, 6.45) is 5.37. The summed E-state index contributed by atoms with van der Waals surface area (Å²) in [5.41, 5.74) is 7.43. The Balaban J connectivity index is 0.000000274. The van der Waals surface area contributed by atoms with Crippen LogP contribution in [0.2, 0.25) is 0 Å². The molecule has 0 radical (unpaired) electrons. The van der Waals surface area contributed by atoms with E-state index in [1.165, 1.54) is 7.11 Å². The highest BCUT2D eigenvalue weighted by atomic mass is 16.5. The lowest BCUT2D eigenvalue weighted by Crippen LogP contribution is -2.21. The number of fused-ring (bicyclic) bond motifs is 1. The highest BCUT2D eigenvalue weighted by Gasteiger charge is 2.52. The van der Waals surface area contributed by atoms with Gasteiger partial charge in [-0.25, -0.2) is 9.50 Å². The number of rotatable bonds is 8. The maximum atomic E-state index is 12.1. The number of ether oxygens (including phenoxy) is 2. The van der Waals surface area contributed by atoms with Crippen molar-refractivity contribution in [3.05, 3.63) is 108 Å². The summed E-state index contributed by atoms with van der Waals surface area (Å²) in [6, 6.07) is 28.0. The van der Waals surface area contributed by atoms with Gasteiger partial charge in [-0.1, -0.05) is 78.9 Å². The van der Waals surface area contributed by atoms with E-state index in [0.717, 1.165) is 57.7 Å². The van der Waals surface area contributed by atoms with Crippen LogP contribution in [-0.4, -0.2) is 41.2 Å². The molecule has 0 bridgehead atoms. The van der Waals surface area contributed by atoms with Gasteiger partial charge in [0, 0.05) is 25.0 Å². The van der Waals surface area contributed by atoms with E-state index in [1.807, 2.05) is 61.8 Å². The second-order valence-electron chi connectivity index (χ2n) is 9.48. The number of hydrogen-bond acceptors (Lipinski definition) is 7. The lowest BCUT2D eigenvalue weighted by molar-refractivity contribution is -0.143. The molecule has 5 aromatic rings. The first-order valence-electron chi connectivity index (χ1n) is 13.0. The van der Waals surface area contributed by atoms with Gasteiger partial charge in [0.25, 0.3) is 6.47 Å². The van der Waals surface area contributed by atoms with Gasteiger partial charge >= 0.3 is 5.97 Å². The molecule has 0 amide bonds. The van der Waals surface area contributed by atoms with Crippen molar-refractivity contribution in [3.63, 3.8) is 0 Å². The summed E-state index contributed by atoms with van der Waals surface area (Å²) in [4.78, 5) is 26.3. The van der Waals surface area contributed by atoms with E-state index < -0.39 is 5.41 Å². The average molecular weight is 535 g/mol. The van der Waals surface area contributed by atoms with E-state index in [-0.39, 0.29) is 5.97 Å². The van der Waals surface area contributed by atoms with Crippen LogP contribution in [-0.2, 0) is 31.1 Å². The third kappa shape index (κ3) is 5.42. The molecule has 1 N–H and O–H groups in total. The summed E-state index contributed by atoms with van der Waals surface area (Å²) in [5, 5.41) is 7.89. The molecule has 3 aromatic carbocycles. The zero-order valence-electron chi connectivity index (χ0n) is 22.4. The maximum Gasteiger partial charge on any atom is 0.316 e. The molecule has 8 nitrogen and oxygen atoms in total. The largest absolute Gasteiger partial charge is 0.468 e. The molecule has 0 atom stereocenters. The van der Waals surface area contributed by atoms with Gasteiger partial charge in [0.15, 0.2) is 5.65 Å². The Labute approximate surface area is 232 Å². The van der Waals surface area contributed by atoms with Gasteiger partial charge in [-0.05, 0) is 41.2 Å². The van der Waals surface area contributed by atoms with Gasteiger partial charge in [0.1, 0.15) is 18.0 Å². The van der Waals surface area contributed by atoms with Crippen molar-refractivity contribution in [2.75, 3.05) is 19.5 Å². The standard InChI is InChI=1S/C24H22N4O2.C8H8O2/c1-25-21-20(27-28-15-3-14-26-22(21)28)18-6-4-16(5-7-18)17-8-10-19(11-9-17)24(12-13-24)23(29)30-2;9-7-10-6-8-4-2-1-3-5-8/h3-11,14-15,25H,12-13H2,1-2H3;1-5,7H,6H2. The minimum absolute atomic E-state index is 0.137. The minimum Gasteiger partial charge on any atom is -0.468 e. The van der Waals surface area contributed by atoms with E-state index in [0.29, 0.717) is 13.1 Å². The van der Waals surface area contributed by atoms with Crippen LogP contribution in [0.25, 0.3) is 28.0 Å². The van der Waals surface area contributed by atoms with Gasteiger partial charge in [0.2, 0.25) is 0 Å². The number of benzene rings is 3. The van der Waals surface area contributed by atoms with Crippen molar-refractivity contribution in [1.82, 2.24) is 14.6 Å². The number of esters is 1. The Hall–Kier alpha value is -4.98. The van der Waals surface area contributed by atoms with Crippen molar-refractivity contribution < 1.29 is 19.1 Å². The highest BCUT2D eigenvalue weighted by molar-refractivity contribution is 5.87. The summed E-state index contributed by atoms with van der Waals surface area (Å²) in [6.45, 7) is 0.817. The fraction of sp³-hybridized carbons (Fsp3) is 0.188. The quantitative estimate of drug-likeness (QED) is 0.202. The number of aromatic nitrogens is 3. The molecular weight excluding hydrogens is 504 g/mol. The summed E-state index contributed by atoms with van der Waals surface area (Å²) in [7, 11) is 3.34. The molecule has 40 heavy (non-hydrogen) atoms. The van der Waals surface area contributed by atoms with E-state index in [9.17, 15) is 9.59 Å². The fourth-order valence-electron chi connectivity index (χ4n) is 4.76. The Morgan fingerprint density at radius 3 is 2.20 bits per heavy atom. The Bertz CT molecular complexity index is 1590. The van der Waals surface area contributed by atoms with Crippen LogP contribution in [0.1, 0.15) is 24.0 Å². The lowest BCUT2D eigenvalue weighted by atomic mass is 9.93. The van der Waals surface area contributed by atoms with Crippen LogP contribution in [0.15, 0.2) is 97.3 Å². The van der Waals surface area contributed by atoms with Crippen molar-refractivity contribution in [3.8, 4) is 22.4 Å². The molecule has 202 valence electrons. The molecule has 8 heteroatoms. The number of carbonyl (C=O) groups excluding carboxylic acids is 2. The van der Waals surface area contributed by atoms with Gasteiger partial charge < -0.3 is 14.8 Å². The van der Waals surface area contributed by atoms with Crippen molar-refractivity contribution in [2.45, 2.75) is 24.9 Å². The normalized spacial score (nSPS) is 13.1. The smallest absolute Gasteiger partial charge is 0.316 e. The number of methoxy groups -OCH3 is 1. The molecule has 1 saturated carbocycles. The van der Waals surface area contributed by atoms with Crippen molar-refractivity contribution in [2.24, 2.45) is 0 Å². The summed E-state index contributed by atoms with van der Waals surface area (Å²) >= 11 is 0. The monoisotopic (exact) mass is 534 g/mol. The van der Waals surface area contributed by atoms with Crippen LogP contribution < -0.4 is 5.32 Å². The molecule has 2 heterocycles. The molecule has 0 saturated heterocycles. The third-order valence-corrected chi connectivity index (χ3v) is 7.06. The van der Waals surface area contributed by atoms with Crippen molar-refractivity contribution in [1.29, 1.82) is 0 Å². The maximum absolute atomic E-state index is 12.1. The lowest BCUT2D eigenvalue weighted by Gasteiger charge is -2.13. The van der Waals surface area contributed by atoms with E-state index in [2.05, 4.69) is 56.5 Å². The molecule has 0 aliphatic heterocycles. The predicted molar refractivity (Wildman–Crippen MR) is 154 cm³/mol. The second-order valence-corrected chi connectivity index (χ2v) is 9.48. The van der Waals surface area contributed by atoms with Crippen LogP contribution in [0, 0.1) is 0 Å². The van der Waals surface area contributed by atoms with Crippen LogP contribution in [0.3, 0.4) is 0 Å². The molecule has 1 fully saturated rings. The zero-order chi connectivity index (χ0) is 28.0. The first-order valence-corrected chi connectivity index (χ1v) is 13.0. The fourth-order valence-corrected chi connectivity index (χ4v) is 4.76. The number of hydrogen-bond donors (Lipinski definition) is 1. The second kappa shape index (κ2) is 11.8. The predicted octanol–water partition coefficient (Wildman–Crippen LogP) is 5.67. The Morgan fingerprint density at radius 2 is 1.60 bits per heavy atom. The summed E-state index contributed by atoms with van der Waals surface area (Å²) in [5.74, 6) is -0.137. The number of carbonyl (C=O) groups is 2. The van der Waals surface area contributed by atoms with Gasteiger partial charge in [0.05, 0.1) is 12.5 Å². The van der Waals surface area contributed by atoms with E-state index in [4.69, 9.17) is 4.74 Å². The minimum atomic E-state index is -0.433. The molecule has 6 rings (SSSR count). The highest BCUT2D eigenvalue weighted by Crippen LogP contribution is 2.49. The molecule has 1 aliphatic rings. The molecule has 0 unspecified atom stereocenters. The number of anilines is 1. The Kier molecular flexibility index (Phi) is 7.87. The molecule has 1 aliphatic carbocycles. The zero-order valence-corrected chi connectivity index (χ0v) is 22.4. The first kappa shape index (κ1) is 26.6. The van der Waals surface area contributed by atoms with Gasteiger partial charge in [-0.15, -0.1) is 0 Å². The van der Waals surface area contributed by atoms with Gasteiger partial charge in [-0.2, -0.15) is 5.10 Å². The molecule has 0 spiro atoms. The van der Waals surface area contributed by atoms with E-state index >= 15 is 0 Å². The Morgan fingerprint density at radius 1 is 0.950 bits per heavy atom. The first-order chi connectivity index (χ1) is 19.6. The van der Waals surface area contributed by atoms with Crippen LogP contribution in [0.5, 0.6) is 0 Å². The summed E-state index contributed by atoms with van der Waals surface area (Å²) < 4.78 is 11.3. The van der Waals surface area contributed by atoms with Gasteiger partial charge in [-0.3, -0.25) is 9.59 Å².